The van der Waals surface area contributed by atoms with Crippen molar-refractivity contribution < 1.29 is 14.6 Å². The second kappa shape index (κ2) is 9.38. The number of rotatable bonds is 8. The van der Waals surface area contributed by atoms with Gasteiger partial charge in [-0.05, 0) is 52.5 Å². The number of hydrogen-bond donors (Lipinski definition) is 1. The fourth-order valence-corrected chi connectivity index (χ4v) is 6.32. The van der Waals surface area contributed by atoms with Crippen molar-refractivity contribution in [2.75, 3.05) is 39.8 Å². The van der Waals surface area contributed by atoms with E-state index >= 15 is 0 Å². The fourth-order valence-electron chi connectivity index (χ4n) is 6.32. The first-order valence-corrected chi connectivity index (χ1v) is 13.1. The maximum Gasteiger partial charge on any atom is 0.263 e. The smallest absolute Gasteiger partial charge is 0.263 e. The molecule has 2 aliphatic heterocycles. The molecule has 3 aromatic rings. The predicted molar refractivity (Wildman–Crippen MR) is 140 cm³/mol. The first-order chi connectivity index (χ1) is 17.5. The molecule has 2 atom stereocenters. The molecule has 1 N–H and O–H groups in total. The van der Waals surface area contributed by atoms with E-state index in [9.17, 15) is 9.90 Å². The molecule has 0 bridgehead atoms. The van der Waals surface area contributed by atoms with Gasteiger partial charge >= 0.3 is 0 Å². The Labute approximate surface area is 213 Å². The van der Waals surface area contributed by atoms with Crippen molar-refractivity contribution in [1.82, 2.24) is 9.80 Å². The highest BCUT2D eigenvalue weighted by Crippen LogP contribution is 2.52. The minimum atomic E-state index is -1.69. The van der Waals surface area contributed by atoms with Crippen LogP contribution in [0.4, 0.5) is 0 Å². The zero-order valence-electron chi connectivity index (χ0n) is 20.8. The van der Waals surface area contributed by atoms with E-state index in [1.54, 1.807) is 4.90 Å². The van der Waals surface area contributed by atoms with E-state index in [1.165, 1.54) is 11.1 Å². The Morgan fingerprint density at radius 1 is 1.00 bits per heavy atom. The van der Waals surface area contributed by atoms with Crippen LogP contribution in [0, 0.1) is 17.8 Å². The molecule has 36 heavy (non-hydrogen) atoms. The van der Waals surface area contributed by atoms with Gasteiger partial charge in [0.15, 0.2) is 5.60 Å². The minimum absolute atomic E-state index is 0.262. The molecule has 186 valence electrons. The molecule has 6 rings (SSSR count). The van der Waals surface area contributed by atoms with Gasteiger partial charge in [-0.2, -0.15) is 0 Å². The average molecular weight is 483 g/mol. The summed E-state index contributed by atoms with van der Waals surface area (Å²) in [5, 5.41) is 11.8. The van der Waals surface area contributed by atoms with Gasteiger partial charge in [0, 0.05) is 39.6 Å². The van der Waals surface area contributed by atoms with Gasteiger partial charge in [0.2, 0.25) is 0 Å². The van der Waals surface area contributed by atoms with E-state index in [4.69, 9.17) is 4.74 Å². The van der Waals surface area contributed by atoms with Crippen molar-refractivity contribution in [2.24, 2.45) is 17.8 Å². The molecule has 0 spiro atoms. The summed E-state index contributed by atoms with van der Waals surface area (Å²) in [6.07, 6.45) is 2.09. The van der Waals surface area contributed by atoms with Crippen LogP contribution in [0.15, 0.2) is 78.9 Å². The lowest BCUT2D eigenvalue weighted by Gasteiger charge is -2.33. The van der Waals surface area contributed by atoms with E-state index in [0.717, 1.165) is 44.8 Å². The van der Waals surface area contributed by atoms with E-state index in [-0.39, 0.29) is 5.91 Å². The zero-order valence-corrected chi connectivity index (χ0v) is 20.8. The first-order valence-electron chi connectivity index (χ1n) is 13.1. The zero-order chi connectivity index (χ0) is 24.7. The number of carbonyl (C=O) groups excluding carboxylic acids is 1. The van der Waals surface area contributed by atoms with Crippen LogP contribution in [0.3, 0.4) is 0 Å². The molecular weight excluding hydrogens is 448 g/mol. The molecule has 3 aliphatic rings. The predicted octanol–water partition coefficient (Wildman–Crippen LogP) is 3.74. The third kappa shape index (κ3) is 4.21. The maximum absolute atomic E-state index is 13.7. The number of carbonyl (C=O) groups is 1. The second-order valence-electron chi connectivity index (χ2n) is 10.7. The van der Waals surface area contributed by atoms with Crippen molar-refractivity contribution in [3.8, 4) is 5.75 Å². The van der Waals surface area contributed by atoms with Gasteiger partial charge in [-0.3, -0.25) is 4.79 Å². The molecule has 1 saturated heterocycles. The molecule has 1 aliphatic carbocycles. The number of amides is 1. The van der Waals surface area contributed by atoms with Crippen molar-refractivity contribution in [1.29, 1.82) is 0 Å². The first kappa shape index (κ1) is 23.3. The van der Waals surface area contributed by atoms with E-state index in [0.29, 0.717) is 35.4 Å². The summed E-state index contributed by atoms with van der Waals surface area (Å²) in [5.74, 6) is 2.60. The summed E-state index contributed by atoms with van der Waals surface area (Å²) in [6, 6.07) is 25.2. The third-order valence-electron chi connectivity index (χ3n) is 8.44. The number of nitrogens with zero attached hydrogens (tertiary/aromatic N) is 2. The Balaban J connectivity index is 1.06. The van der Waals surface area contributed by atoms with Gasteiger partial charge < -0.3 is 19.6 Å². The highest BCUT2D eigenvalue weighted by Gasteiger charge is 2.56. The highest BCUT2D eigenvalue weighted by atomic mass is 16.5. The topological polar surface area (TPSA) is 53.0 Å². The number of piperidine rings is 1. The van der Waals surface area contributed by atoms with Gasteiger partial charge in [-0.1, -0.05) is 72.8 Å². The number of ether oxygens (including phenoxy) is 1. The quantitative estimate of drug-likeness (QED) is 0.532. The Bertz CT molecular complexity index is 1180. The second-order valence-corrected chi connectivity index (χ2v) is 10.7. The average Bonchev–Trinajstić information content (AvgIpc) is 3.26. The number of aliphatic hydroxyl groups is 1. The van der Waals surface area contributed by atoms with Crippen molar-refractivity contribution >= 4 is 5.91 Å². The van der Waals surface area contributed by atoms with Crippen molar-refractivity contribution in [2.45, 2.75) is 18.4 Å². The van der Waals surface area contributed by atoms with E-state index < -0.39 is 5.60 Å². The lowest BCUT2D eigenvalue weighted by Crippen LogP contribution is -2.47. The minimum Gasteiger partial charge on any atom is -0.493 e. The summed E-state index contributed by atoms with van der Waals surface area (Å²) >= 11 is 0. The van der Waals surface area contributed by atoms with Crippen LogP contribution in [-0.4, -0.2) is 60.6 Å². The molecule has 1 saturated carbocycles. The lowest BCUT2D eigenvalue weighted by atomic mass is 9.85. The number of hydrogen-bond acceptors (Lipinski definition) is 4. The third-order valence-corrected chi connectivity index (χ3v) is 8.44. The molecule has 0 radical (unpaired) electrons. The standard InChI is InChI=1S/C31H34N2O3/c1-32(30(34)31(35,24-8-4-2-5-9-24)25-10-6-3-7-11-25)19-26-27-20-33(21-28(26)27)16-14-22-12-13-29-23(18-22)15-17-36-29/h2-13,18,26-28,35H,14-17,19-21H2,1H3. The summed E-state index contributed by atoms with van der Waals surface area (Å²) in [6.45, 7) is 4.78. The number of likely N-dealkylation sites (N-methyl/N-ethyl adjacent to an activating group) is 1. The Kier molecular flexibility index (Phi) is 6.06. The molecule has 5 heteroatoms. The van der Waals surface area contributed by atoms with Gasteiger partial charge in [-0.25, -0.2) is 0 Å². The summed E-state index contributed by atoms with van der Waals surface area (Å²) in [5.41, 5.74) is 2.26. The van der Waals surface area contributed by atoms with Crippen LogP contribution in [-0.2, 0) is 23.2 Å². The Morgan fingerprint density at radius 2 is 1.64 bits per heavy atom. The van der Waals surface area contributed by atoms with Crippen LogP contribution >= 0.6 is 0 Å². The fraction of sp³-hybridized carbons (Fsp3) is 0.387. The van der Waals surface area contributed by atoms with Crippen LogP contribution in [0.1, 0.15) is 22.3 Å². The van der Waals surface area contributed by atoms with Crippen LogP contribution in [0.2, 0.25) is 0 Å². The number of fused-ring (bicyclic) bond motifs is 2. The van der Waals surface area contributed by atoms with E-state index in [2.05, 4.69) is 23.1 Å². The molecule has 2 fully saturated rings. The van der Waals surface area contributed by atoms with Gasteiger partial charge in [0.25, 0.3) is 5.91 Å². The molecule has 2 heterocycles. The van der Waals surface area contributed by atoms with Crippen LogP contribution in [0.5, 0.6) is 5.75 Å². The van der Waals surface area contributed by atoms with Crippen molar-refractivity contribution in [3.05, 3.63) is 101 Å². The molecule has 2 unspecified atom stereocenters. The Hall–Kier alpha value is -3.15. The molecule has 5 nitrogen and oxygen atoms in total. The normalized spacial score (nSPS) is 22.6. The largest absolute Gasteiger partial charge is 0.493 e. The monoisotopic (exact) mass is 482 g/mol. The van der Waals surface area contributed by atoms with Crippen LogP contribution < -0.4 is 4.74 Å². The lowest BCUT2D eigenvalue weighted by molar-refractivity contribution is -0.147. The molecule has 3 aromatic carbocycles. The highest BCUT2D eigenvalue weighted by molar-refractivity contribution is 5.90. The summed E-state index contributed by atoms with van der Waals surface area (Å²) in [4.78, 5) is 18.0. The molecule has 1 amide bonds. The van der Waals surface area contributed by atoms with E-state index in [1.807, 2.05) is 67.7 Å². The van der Waals surface area contributed by atoms with Gasteiger partial charge in [0.05, 0.1) is 6.61 Å². The SMILES string of the molecule is CN(CC1C2CN(CCc3ccc4c(c3)CCO4)CC21)C(=O)C(O)(c1ccccc1)c1ccccc1. The van der Waals surface area contributed by atoms with Gasteiger partial charge in [-0.15, -0.1) is 0 Å². The Morgan fingerprint density at radius 3 is 2.28 bits per heavy atom. The number of likely N-dealkylation sites (tertiary alicyclic amines) is 1. The van der Waals surface area contributed by atoms with Gasteiger partial charge in [0.1, 0.15) is 5.75 Å². The van der Waals surface area contributed by atoms with Crippen molar-refractivity contribution in [3.63, 3.8) is 0 Å². The molecule has 0 aromatic heterocycles. The summed E-state index contributed by atoms with van der Waals surface area (Å²) < 4.78 is 5.63. The maximum atomic E-state index is 13.7. The number of benzene rings is 3. The van der Waals surface area contributed by atoms with Crippen LogP contribution in [0.25, 0.3) is 0 Å². The summed E-state index contributed by atoms with van der Waals surface area (Å²) in [7, 11) is 1.84. The molecular formula is C31H34N2O3.